The molecule has 0 radical (unpaired) electrons. The molecular formula is C21H22F2N6O2. The predicted molar refractivity (Wildman–Crippen MR) is 109 cm³/mol. The number of anilines is 1. The first-order valence-electron chi connectivity index (χ1n) is 9.97. The van der Waals surface area contributed by atoms with Crippen LogP contribution in [0.3, 0.4) is 0 Å². The van der Waals surface area contributed by atoms with E-state index in [0.717, 1.165) is 42.9 Å². The third-order valence-corrected chi connectivity index (χ3v) is 5.26. The number of carbonyl (C=O) groups excluding carboxylic acids is 1. The van der Waals surface area contributed by atoms with Crippen molar-refractivity contribution in [3.8, 4) is 11.4 Å². The summed E-state index contributed by atoms with van der Waals surface area (Å²) >= 11 is 0. The van der Waals surface area contributed by atoms with Crippen LogP contribution in [0.1, 0.15) is 18.4 Å². The Bertz CT molecular complexity index is 972. The summed E-state index contributed by atoms with van der Waals surface area (Å²) in [5, 5.41) is 14.0. The quantitative estimate of drug-likeness (QED) is 0.623. The summed E-state index contributed by atoms with van der Waals surface area (Å²) in [4.78, 5) is 14.9. The van der Waals surface area contributed by atoms with Gasteiger partial charge in [0.15, 0.2) is 0 Å². The van der Waals surface area contributed by atoms with Gasteiger partial charge in [0.2, 0.25) is 5.91 Å². The van der Waals surface area contributed by atoms with Crippen molar-refractivity contribution in [2.24, 2.45) is 5.92 Å². The van der Waals surface area contributed by atoms with E-state index in [-0.39, 0.29) is 17.6 Å². The van der Waals surface area contributed by atoms with E-state index in [1.165, 1.54) is 6.33 Å². The van der Waals surface area contributed by atoms with Crippen LogP contribution in [0.4, 0.5) is 14.5 Å². The summed E-state index contributed by atoms with van der Waals surface area (Å²) in [6.45, 7) is -0.515. The number of nitrogens with zero attached hydrogens (tertiary/aromatic N) is 5. The normalized spacial score (nSPS) is 15.2. The Morgan fingerprint density at radius 1 is 1.10 bits per heavy atom. The topological polar surface area (TPSA) is 85.2 Å². The van der Waals surface area contributed by atoms with Crippen molar-refractivity contribution in [2.75, 3.05) is 18.4 Å². The summed E-state index contributed by atoms with van der Waals surface area (Å²) in [6.07, 6.45) is 3.04. The van der Waals surface area contributed by atoms with Crippen molar-refractivity contribution in [1.29, 1.82) is 0 Å². The predicted octanol–water partition coefficient (Wildman–Crippen LogP) is 3.11. The molecule has 1 saturated heterocycles. The summed E-state index contributed by atoms with van der Waals surface area (Å²) in [6, 6.07) is 14.0. The van der Waals surface area contributed by atoms with Crippen LogP contribution in [0.2, 0.25) is 0 Å². The number of ether oxygens (including phenoxy) is 1. The number of carbonyl (C=O) groups is 1. The van der Waals surface area contributed by atoms with Gasteiger partial charge in [0.25, 0.3) is 0 Å². The van der Waals surface area contributed by atoms with Gasteiger partial charge in [0.05, 0.1) is 5.69 Å². The molecule has 0 unspecified atom stereocenters. The Morgan fingerprint density at radius 2 is 1.81 bits per heavy atom. The number of hydrogen-bond acceptors (Lipinski definition) is 6. The van der Waals surface area contributed by atoms with Crippen LogP contribution >= 0.6 is 0 Å². The van der Waals surface area contributed by atoms with Gasteiger partial charge in [-0.05, 0) is 78.3 Å². The maximum absolute atomic E-state index is 12.6. The number of amides is 1. The molecule has 1 aliphatic rings. The summed E-state index contributed by atoms with van der Waals surface area (Å²) < 4.78 is 30.4. The molecular weight excluding hydrogens is 406 g/mol. The number of likely N-dealkylation sites (tertiary alicyclic amines) is 1. The van der Waals surface area contributed by atoms with Gasteiger partial charge in [-0.1, -0.05) is 12.1 Å². The SMILES string of the molecule is O=C(Nc1ccc(-n2cnnn2)cc1)C1CCN(Cc2ccc(OC(F)F)cc2)CC1. The molecule has 10 heteroatoms. The van der Waals surface area contributed by atoms with Crippen molar-refractivity contribution < 1.29 is 18.3 Å². The van der Waals surface area contributed by atoms with Gasteiger partial charge >= 0.3 is 6.61 Å². The second kappa shape index (κ2) is 9.61. The molecule has 162 valence electrons. The van der Waals surface area contributed by atoms with E-state index in [0.29, 0.717) is 6.54 Å². The van der Waals surface area contributed by atoms with Crippen molar-refractivity contribution in [1.82, 2.24) is 25.1 Å². The Kier molecular flexibility index (Phi) is 6.46. The molecule has 1 aliphatic heterocycles. The molecule has 1 amide bonds. The van der Waals surface area contributed by atoms with Crippen LogP contribution in [0.25, 0.3) is 5.69 Å². The van der Waals surface area contributed by atoms with Gasteiger partial charge in [-0.15, -0.1) is 5.10 Å². The molecule has 3 aromatic rings. The number of tetrazole rings is 1. The lowest BCUT2D eigenvalue weighted by Gasteiger charge is -2.31. The Labute approximate surface area is 177 Å². The molecule has 2 heterocycles. The molecule has 0 atom stereocenters. The average Bonchev–Trinajstić information content (AvgIpc) is 3.31. The maximum Gasteiger partial charge on any atom is 0.387 e. The second-order valence-electron chi connectivity index (χ2n) is 7.36. The van der Waals surface area contributed by atoms with Gasteiger partial charge in [0.1, 0.15) is 12.1 Å². The minimum atomic E-state index is -2.82. The molecule has 0 saturated carbocycles. The molecule has 1 aromatic heterocycles. The van der Waals surface area contributed by atoms with Crippen LogP contribution in [0, 0.1) is 5.92 Å². The van der Waals surface area contributed by atoms with Crippen LogP contribution in [0.5, 0.6) is 5.75 Å². The highest BCUT2D eigenvalue weighted by molar-refractivity contribution is 5.92. The Hall–Kier alpha value is -3.40. The van der Waals surface area contributed by atoms with Gasteiger partial charge in [-0.3, -0.25) is 9.69 Å². The highest BCUT2D eigenvalue weighted by atomic mass is 19.3. The van der Waals surface area contributed by atoms with E-state index >= 15 is 0 Å². The zero-order valence-electron chi connectivity index (χ0n) is 16.7. The maximum atomic E-state index is 12.6. The van der Waals surface area contributed by atoms with Gasteiger partial charge < -0.3 is 10.1 Å². The molecule has 0 bridgehead atoms. The van der Waals surface area contributed by atoms with Crippen molar-refractivity contribution in [3.05, 3.63) is 60.4 Å². The number of hydrogen-bond donors (Lipinski definition) is 1. The van der Waals surface area contributed by atoms with Crippen molar-refractivity contribution in [3.63, 3.8) is 0 Å². The van der Waals surface area contributed by atoms with Gasteiger partial charge in [-0.2, -0.15) is 8.78 Å². The number of aromatic nitrogens is 4. The molecule has 2 aromatic carbocycles. The van der Waals surface area contributed by atoms with Crippen molar-refractivity contribution >= 4 is 11.6 Å². The van der Waals surface area contributed by atoms with Crippen LogP contribution in [-0.4, -0.2) is 50.7 Å². The van der Waals surface area contributed by atoms with E-state index in [4.69, 9.17) is 0 Å². The van der Waals surface area contributed by atoms with Crippen LogP contribution in [0.15, 0.2) is 54.9 Å². The van der Waals surface area contributed by atoms with E-state index in [1.807, 2.05) is 24.3 Å². The first-order valence-corrected chi connectivity index (χ1v) is 9.97. The largest absolute Gasteiger partial charge is 0.435 e. The number of piperidine rings is 1. The lowest BCUT2D eigenvalue weighted by atomic mass is 9.95. The van der Waals surface area contributed by atoms with E-state index < -0.39 is 6.61 Å². The molecule has 31 heavy (non-hydrogen) atoms. The zero-order valence-corrected chi connectivity index (χ0v) is 16.7. The first kappa shape index (κ1) is 20.9. The fraction of sp³-hybridized carbons (Fsp3) is 0.333. The Morgan fingerprint density at radius 3 is 2.42 bits per heavy atom. The molecule has 0 spiro atoms. The number of rotatable bonds is 7. The number of alkyl halides is 2. The summed E-state index contributed by atoms with van der Waals surface area (Å²) in [5.74, 6) is 0.126. The van der Waals surface area contributed by atoms with Crippen LogP contribution < -0.4 is 10.1 Å². The number of halogens is 2. The van der Waals surface area contributed by atoms with Gasteiger partial charge in [-0.25, -0.2) is 4.68 Å². The highest BCUT2D eigenvalue weighted by Gasteiger charge is 2.25. The first-order chi connectivity index (χ1) is 15.1. The van der Waals surface area contributed by atoms with Crippen LogP contribution in [-0.2, 0) is 11.3 Å². The lowest BCUT2D eigenvalue weighted by molar-refractivity contribution is -0.121. The average molecular weight is 428 g/mol. The highest BCUT2D eigenvalue weighted by Crippen LogP contribution is 2.22. The number of benzene rings is 2. The second-order valence-corrected chi connectivity index (χ2v) is 7.36. The number of nitrogens with one attached hydrogen (secondary N) is 1. The Balaban J connectivity index is 1.24. The van der Waals surface area contributed by atoms with Gasteiger partial charge in [0, 0.05) is 18.2 Å². The van der Waals surface area contributed by atoms with E-state index in [9.17, 15) is 13.6 Å². The van der Waals surface area contributed by atoms with Crippen molar-refractivity contribution in [2.45, 2.75) is 26.0 Å². The minimum Gasteiger partial charge on any atom is -0.435 e. The zero-order chi connectivity index (χ0) is 21.6. The third-order valence-electron chi connectivity index (χ3n) is 5.26. The fourth-order valence-corrected chi connectivity index (χ4v) is 3.61. The molecule has 0 aliphatic carbocycles. The standard InChI is InChI=1S/C21H22F2N6O2/c22-21(23)31-19-7-1-15(2-8-19)13-28-11-9-16(10-12-28)20(30)25-17-3-5-18(6-4-17)29-14-24-26-27-29/h1-8,14,16,21H,9-13H2,(H,25,30). The molecule has 8 nitrogen and oxygen atoms in total. The monoisotopic (exact) mass is 428 g/mol. The fourth-order valence-electron chi connectivity index (χ4n) is 3.61. The summed E-state index contributed by atoms with van der Waals surface area (Å²) in [7, 11) is 0. The smallest absolute Gasteiger partial charge is 0.387 e. The summed E-state index contributed by atoms with van der Waals surface area (Å²) in [5.41, 5.74) is 2.56. The third kappa shape index (κ3) is 5.60. The molecule has 4 rings (SSSR count). The van der Waals surface area contributed by atoms with E-state index in [2.05, 4.69) is 30.5 Å². The molecule has 1 fully saturated rings. The lowest BCUT2D eigenvalue weighted by Crippen LogP contribution is -2.37. The van der Waals surface area contributed by atoms with E-state index in [1.54, 1.807) is 28.9 Å². The minimum absolute atomic E-state index is 0.0170. The molecule has 1 N–H and O–H groups in total.